The Hall–Kier alpha value is -2.71. The van der Waals surface area contributed by atoms with Crippen molar-refractivity contribution in [3.05, 3.63) is 65.4 Å². The van der Waals surface area contributed by atoms with E-state index < -0.39 is 16.1 Å². The number of ketones is 1. The maximum atomic E-state index is 13.0. The van der Waals surface area contributed by atoms with Crippen molar-refractivity contribution in [1.82, 2.24) is 9.21 Å². The van der Waals surface area contributed by atoms with Gasteiger partial charge in [-0.2, -0.15) is 4.31 Å². The van der Waals surface area contributed by atoms with E-state index in [4.69, 9.17) is 4.74 Å². The number of allylic oxidation sites excluding steroid dienone is 3. The highest BCUT2D eigenvalue weighted by molar-refractivity contribution is 7.89. The molecular formula is C23H28N2O5S. The van der Waals surface area contributed by atoms with Gasteiger partial charge in [0.1, 0.15) is 6.61 Å². The molecule has 0 aliphatic carbocycles. The van der Waals surface area contributed by atoms with E-state index in [1.54, 1.807) is 4.90 Å². The molecule has 0 spiro atoms. The molecule has 2 fully saturated rings. The van der Waals surface area contributed by atoms with Crippen molar-refractivity contribution in [2.75, 3.05) is 19.7 Å². The molecule has 3 rings (SSSR count). The number of Topliss-reactive ketones (excluding diaryl/α,β-unsaturated/α-hetero) is 1. The third-order valence-corrected chi connectivity index (χ3v) is 7.53. The number of rotatable bonds is 5. The largest absolute Gasteiger partial charge is 0.444 e. The van der Waals surface area contributed by atoms with Crippen LogP contribution in [-0.4, -0.2) is 55.2 Å². The molecule has 2 aliphatic rings. The third kappa shape index (κ3) is 4.65. The molecule has 2 heterocycles. The second-order valence-corrected chi connectivity index (χ2v) is 9.71. The molecule has 8 heteroatoms. The Morgan fingerprint density at radius 3 is 2.32 bits per heavy atom. The van der Waals surface area contributed by atoms with Crippen molar-refractivity contribution in [2.45, 2.75) is 44.6 Å². The van der Waals surface area contributed by atoms with Crippen LogP contribution < -0.4 is 0 Å². The van der Waals surface area contributed by atoms with Crippen molar-refractivity contribution >= 4 is 21.9 Å². The number of benzene rings is 1. The van der Waals surface area contributed by atoms with Crippen molar-refractivity contribution < 1.29 is 22.7 Å². The third-order valence-electron chi connectivity index (χ3n) is 5.62. The van der Waals surface area contributed by atoms with Crippen LogP contribution in [0.1, 0.15) is 44.0 Å². The highest BCUT2D eigenvalue weighted by Crippen LogP contribution is 2.32. The smallest absolute Gasteiger partial charge is 0.414 e. The van der Waals surface area contributed by atoms with E-state index >= 15 is 0 Å². The molecule has 2 saturated heterocycles. The van der Waals surface area contributed by atoms with Crippen LogP contribution in [0.25, 0.3) is 0 Å². The summed E-state index contributed by atoms with van der Waals surface area (Å²) in [5.41, 5.74) is 2.88. The van der Waals surface area contributed by atoms with Gasteiger partial charge in [0.15, 0.2) is 5.78 Å². The lowest BCUT2D eigenvalue weighted by molar-refractivity contribution is 0.0815. The lowest BCUT2D eigenvalue weighted by Gasteiger charge is -2.41. The summed E-state index contributed by atoms with van der Waals surface area (Å²) in [6, 6.07) is 5.81. The molecule has 31 heavy (non-hydrogen) atoms. The molecule has 2 aliphatic heterocycles. The van der Waals surface area contributed by atoms with Crippen LogP contribution in [0.15, 0.2) is 64.7 Å². The fraction of sp³-hybridized carbons (Fsp3) is 0.391. The van der Waals surface area contributed by atoms with Gasteiger partial charge in [0.25, 0.3) is 0 Å². The normalized spacial score (nSPS) is 20.8. The minimum Gasteiger partial charge on any atom is -0.444 e. The van der Waals surface area contributed by atoms with E-state index in [1.807, 2.05) is 26.0 Å². The summed E-state index contributed by atoms with van der Waals surface area (Å²) in [6.07, 6.45) is 4.38. The van der Waals surface area contributed by atoms with E-state index in [-0.39, 0.29) is 36.4 Å². The van der Waals surface area contributed by atoms with Crippen LogP contribution in [-0.2, 0) is 14.8 Å². The van der Waals surface area contributed by atoms with Gasteiger partial charge in [0.2, 0.25) is 10.0 Å². The Labute approximate surface area is 183 Å². The van der Waals surface area contributed by atoms with Gasteiger partial charge in [0.05, 0.1) is 10.6 Å². The van der Waals surface area contributed by atoms with Gasteiger partial charge >= 0.3 is 6.09 Å². The number of carbonyl (C=O) groups excluding carboxylic acids is 2. The van der Waals surface area contributed by atoms with Crippen molar-refractivity contribution in [3.63, 3.8) is 0 Å². The molecule has 0 N–H and O–H groups in total. The number of nitrogens with zero attached hydrogens (tertiary/aromatic N) is 2. The summed E-state index contributed by atoms with van der Waals surface area (Å²) in [5.74, 6) is -0.114. The Bertz CT molecular complexity index is 1050. The lowest BCUT2D eigenvalue weighted by atomic mass is 9.99. The van der Waals surface area contributed by atoms with E-state index in [2.05, 4.69) is 6.58 Å². The number of amides is 1. The van der Waals surface area contributed by atoms with Gasteiger partial charge in [-0.1, -0.05) is 30.9 Å². The summed E-state index contributed by atoms with van der Waals surface area (Å²) in [7, 11) is -3.67. The molecule has 0 saturated carbocycles. The van der Waals surface area contributed by atoms with E-state index in [0.717, 1.165) is 16.8 Å². The van der Waals surface area contributed by atoms with E-state index in [1.165, 1.54) is 35.5 Å². The van der Waals surface area contributed by atoms with Gasteiger partial charge in [-0.15, -0.1) is 0 Å². The monoisotopic (exact) mass is 444 g/mol. The van der Waals surface area contributed by atoms with Crippen molar-refractivity contribution in [1.29, 1.82) is 0 Å². The minimum absolute atomic E-state index is 0.114. The second kappa shape index (κ2) is 9.20. The number of ether oxygens (including phenoxy) is 1. The number of cyclic esters (lactones) is 1. The summed E-state index contributed by atoms with van der Waals surface area (Å²) in [5, 5.41) is 0. The van der Waals surface area contributed by atoms with E-state index in [0.29, 0.717) is 18.4 Å². The lowest BCUT2D eigenvalue weighted by Crippen LogP contribution is -2.50. The zero-order chi connectivity index (χ0) is 22.8. The Kier molecular flexibility index (Phi) is 6.81. The van der Waals surface area contributed by atoms with Crippen LogP contribution in [0, 0.1) is 0 Å². The zero-order valence-electron chi connectivity index (χ0n) is 18.1. The zero-order valence-corrected chi connectivity index (χ0v) is 18.9. The van der Waals surface area contributed by atoms with Gasteiger partial charge in [0, 0.05) is 30.3 Å². The van der Waals surface area contributed by atoms with Gasteiger partial charge < -0.3 is 4.74 Å². The number of carbonyl (C=O) groups is 2. The first-order chi connectivity index (χ1) is 14.7. The maximum absolute atomic E-state index is 13.0. The number of piperidine rings is 1. The molecule has 0 aromatic heterocycles. The highest BCUT2D eigenvalue weighted by atomic mass is 32.2. The predicted molar refractivity (Wildman–Crippen MR) is 118 cm³/mol. The molecule has 7 nitrogen and oxygen atoms in total. The first-order valence-corrected chi connectivity index (χ1v) is 11.7. The van der Waals surface area contributed by atoms with Crippen LogP contribution >= 0.6 is 0 Å². The molecule has 0 atom stereocenters. The molecule has 1 aromatic rings. The quantitative estimate of drug-likeness (QED) is 0.643. The molecule has 1 aromatic carbocycles. The van der Waals surface area contributed by atoms with Gasteiger partial charge in [-0.05, 0) is 51.3 Å². The molecule has 0 unspecified atom stereocenters. The van der Waals surface area contributed by atoms with Crippen LogP contribution in [0.3, 0.4) is 0 Å². The number of sulfonamides is 1. The fourth-order valence-corrected chi connectivity index (χ4v) is 5.50. The Morgan fingerprint density at radius 1 is 1.16 bits per heavy atom. The second-order valence-electron chi connectivity index (χ2n) is 7.78. The molecular weight excluding hydrogens is 416 g/mol. The number of hydrogen-bond acceptors (Lipinski definition) is 5. The first-order valence-electron chi connectivity index (χ1n) is 10.3. The molecule has 0 bridgehead atoms. The Morgan fingerprint density at radius 2 is 1.77 bits per heavy atom. The fourth-order valence-electron chi connectivity index (χ4n) is 4.03. The molecule has 1 amide bonds. The minimum atomic E-state index is -3.67. The highest BCUT2D eigenvalue weighted by Gasteiger charge is 2.38. The van der Waals surface area contributed by atoms with Gasteiger partial charge in [-0.25, -0.2) is 13.2 Å². The summed E-state index contributed by atoms with van der Waals surface area (Å²) < 4.78 is 32.8. The Balaban J connectivity index is 1.78. The predicted octanol–water partition coefficient (Wildman–Crippen LogP) is 3.90. The standard InChI is InChI=1S/C23H28N2O5S/c1-5-6-16(2)22-17(3)15-30-23(27)25(22)20-11-13-24(14-12-20)31(28,29)21-9-7-19(8-10-21)18(4)26/h5-10,20H,3,11-15H2,1-2,4H3/b6-5-,22-16+. The average molecular weight is 445 g/mol. The summed E-state index contributed by atoms with van der Waals surface area (Å²) in [6.45, 7) is 10.1. The molecule has 0 radical (unpaired) electrons. The van der Waals surface area contributed by atoms with Crippen LogP contribution in [0.2, 0.25) is 0 Å². The van der Waals surface area contributed by atoms with Crippen molar-refractivity contribution in [2.24, 2.45) is 0 Å². The summed E-state index contributed by atoms with van der Waals surface area (Å²) >= 11 is 0. The topological polar surface area (TPSA) is 84.0 Å². The molecule has 166 valence electrons. The first kappa shape index (κ1) is 23.0. The average Bonchev–Trinajstić information content (AvgIpc) is 2.75. The maximum Gasteiger partial charge on any atom is 0.414 e. The van der Waals surface area contributed by atoms with Gasteiger partial charge in [-0.3, -0.25) is 9.69 Å². The van der Waals surface area contributed by atoms with E-state index in [9.17, 15) is 18.0 Å². The number of hydrogen-bond donors (Lipinski definition) is 0. The van der Waals surface area contributed by atoms with Crippen LogP contribution in [0.4, 0.5) is 4.79 Å². The van der Waals surface area contributed by atoms with Crippen molar-refractivity contribution in [3.8, 4) is 0 Å². The SMILES string of the molecule is C=C1COC(=O)N(C2CCN(S(=O)(=O)c3ccc(C(C)=O)cc3)CC2)/C1=C(C)/C=C\C. The van der Waals surface area contributed by atoms with Crippen LogP contribution in [0.5, 0.6) is 0 Å². The summed E-state index contributed by atoms with van der Waals surface area (Å²) in [4.78, 5) is 25.8.